The summed E-state index contributed by atoms with van der Waals surface area (Å²) in [6.07, 6.45) is -0.497. The summed E-state index contributed by atoms with van der Waals surface area (Å²) in [5, 5.41) is 3.03. The standard InChI is InChI=1S/C23H36F2N4O5Si/c1-23(2,3)34-22(31)28(4)10-9-26-21-27-18-17(25)16(24)13-15(20(30)32-5)19(18)29(21)14-33-11-12-35(6,7)8/h13H,9-12,14H2,1-8H3,(H,26,27). The first-order valence-corrected chi connectivity index (χ1v) is 15.1. The van der Waals surface area contributed by atoms with Gasteiger partial charge < -0.3 is 24.4 Å². The number of methoxy groups -OCH3 is 1. The highest BCUT2D eigenvalue weighted by atomic mass is 28.3. The number of nitrogens with one attached hydrogen (secondary N) is 1. The van der Waals surface area contributed by atoms with Gasteiger partial charge in [0.2, 0.25) is 5.95 Å². The molecule has 0 aliphatic rings. The fourth-order valence-electron chi connectivity index (χ4n) is 3.08. The van der Waals surface area contributed by atoms with E-state index in [0.717, 1.165) is 19.2 Å². The van der Waals surface area contributed by atoms with E-state index in [-0.39, 0.29) is 42.4 Å². The van der Waals surface area contributed by atoms with E-state index in [1.54, 1.807) is 27.8 Å². The Kier molecular flexibility index (Phi) is 9.23. The molecule has 1 aromatic carbocycles. The number of imidazole rings is 1. The predicted octanol–water partition coefficient (Wildman–Crippen LogP) is 4.69. The molecule has 0 fully saturated rings. The van der Waals surface area contributed by atoms with Crippen LogP contribution in [0.4, 0.5) is 19.5 Å². The van der Waals surface area contributed by atoms with Crippen LogP contribution in [0.3, 0.4) is 0 Å². The highest BCUT2D eigenvalue weighted by Crippen LogP contribution is 2.28. The minimum atomic E-state index is -1.36. The number of benzene rings is 1. The van der Waals surface area contributed by atoms with Crippen LogP contribution in [0.15, 0.2) is 6.07 Å². The van der Waals surface area contributed by atoms with Gasteiger partial charge in [-0.25, -0.2) is 23.4 Å². The topological polar surface area (TPSA) is 94.9 Å². The molecule has 1 heterocycles. The third-order valence-electron chi connectivity index (χ3n) is 4.97. The number of ether oxygens (including phenoxy) is 3. The summed E-state index contributed by atoms with van der Waals surface area (Å²) in [6.45, 7) is 12.9. The number of anilines is 1. The monoisotopic (exact) mass is 514 g/mol. The van der Waals surface area contributed by atoms with Crippen molar-refractivity contribution in [3.8, 4) is 0 Å². The molecule has 2 rings (SSSR count). The van der Waals surface area contributed by atoms with Crippen molar-refractivity contribution < 1.29 is 32.6 Å². The van der Waals surface area contributed by atoms with Gasteiger partial charge in [0.1, 0.15) is 17.8 Å². The first-order chi connectivity index (χ1) is 16.1. The van der Waals surface area contributed by atoms with Gasteiger partial charge in [0.15, 0.2) is 11.6 Å². The molecule has 2 aromatic rings. The van der Waals surface area contributed by atoms with E-state index in [1.807, 2.05) is 0 Å². The quantitative estimate of drug-likeness (QED) is 0.279. The summed E-state index contributed by atoms with van der Waals surface area (Å²) in [5.41, 5.74) is -1.05. The SMILES string of the molecule is COC(=O)c1cc(F)c(F)c2nc(NCCN(C)C(=O)OC(C)(C)C)n(COCC[Si](C)(C)C)c12. The van der Waals surface area contributed by atoms with E-state index in [9.17, 15) is 18.4 Å². The molecule has 0 atom stereocenters. The maximum Gasteiger partial charge on any atom is 0.410 e. The molecule has 0 aliphatic heterocycles. The number of aromatic nitrogens is 2. The van der Waals surface area contributed by atoms with Crippen LogP contribution in [-0.2, 0) is 20.9 Å². The maximum absolute atomic E-state index is 14.7. The second-order valence-electron chi connectivity index (χ2n) is 10.4. The van der Waals surface area contributed by atoms with Crippen molar-refractivity contribution in [3.63, 3.8) is 0 Å². The predicted molar refractivity (Wildman–Crippen MR) is 132 cm³/mol. The van der Waals surface area contributed by atoms with Crippen molar-refractivity contribution in [1.29, 1.82) is 0 Å². The van der Waals surface area contributed by atoms with E-state index < -0.39 is 37.4 Å². The lowest BCUT2D eigenvalue weighted by Crippen LogP contribution is -2.36. The van der Waals surface area contributed by atoms with Gasteiger partial charge in [0.25, 0.3) is 0 Å². The number of carbonyl (C=O) groups excluding carboxylic acids is 2. The molecule has 0 unspecified atom stereocenters. The molecule has 1 aromatic heterocycles. The molecule has 35 heavy (non-hydrogen) atoms. The Balaban J connectivity index is 2.34. The molecule has 0 bridgehead atoms. The molecule has 0 aliphatic carbocycles. The number of nitrogens with zero attached hydrogens (tertiary/aromatic N) is 3. The molecular formula is C23H36F2N4O5Si. The summed E-state index contributed by atoms with van der Waals surface area (Å²) < 4.78 is 46.3. The van der Waals surface area contributed by atoms with Crippen LogP contribution >= 0.6 is 0 Å². The number of carbonyl (C=O) groups is 2. The minimum absolute atomic E-state index is 0.0414. The summed E-state index contributed by atoms with van der Waals surface area (Å²) in [6, 6.07) is 1.69. The molecule has 0 saturated heterocycles. The second kappa shape index (κ2) is 11.3. The van der Waals surface area contributed by atoms with Crippen molar-refractivity contribution in [3.05, 3.63) is 23.3 Å². The van der Waals surface area contributed by atoms with Crippen LogP contribution < -0.4 is 5.32 Å². The van der Waals surface area contributed by atoms with E-state index in [0.29, 0.717) is 6.61 Å². The molecule has 0 spiro atoms. The number of hydrogen-bond donors (Lipinski definition) is 1. The van der Waals surface area contributed by atoms with Crippen LogP contribution in [0.1, 0.15) is 31.1 Å². The number of hydrogen-bond acceptors (Lipinski definition) is 7. The first-order valence-electron chi connectivity index (χ1n) is 11.4. The lowest BCUT2D eigenvalue weighted by Gasteiger charge is -2.24. The van der Waals surface area contributed by atoms with Gasteiger partial charge >= 0.3 is 12.1 Å². The number of likely N-dealkylation sites (N-methyl/N-ethyl adjacent to an activating group) is 1. The third-order valence-corrected chi connectivity index (χ3v) is 6.67. The van der Waals surface area contributed by atoms with Crippen LogP contribution in [-0.4, -0.2) is 74.0 Å². The van der Waals surface area contributed by atoms with E-state index in [1.165, 1.54) is 9.47 Å². The normalized spacial score (nSPS) is 12.1. The zero-order valence-electron chi connectivity index (χ0n) is 21.8. The fourth-order valence-corrected chi connectivity index (χ4v) is 3.83. The zero-order chi connectivity index (χ0) is 26.6. The number of halogens is 2. The number of rotatable bonds is 10. The Morgan fingerprint density at radius 1 is 1.23 bits per heavy atom. The van der Waals surface area contributed by atoms with Crippen molar-refractivity contribution in [1.82, 2.24) is 14.5 Å². The van der Waals surface area contributed by atoms with Crippen LogP contribution in [0, 0.1) is 11.6 Å². The third kappa shape index (κ3) is 7.89. The number of fused-ring (bicyclic) bond motifs is 1. The Labute approximate surface area is 205 Å². The average Bonchev–Trinajstić information content (AvgIpc) is 3.09. The van der Waals surface area contributed by atoms with Gasteiger partial charge in [-0.3, -0.25) is 4.57 Å². The van der Waals surface area contributed by atoms with Crippen molar-refractivity contribution >= 4 is 37.1 Å². The van der Waals surface area contributed by atoms with Gasteiger partial charge in [0.05, 0.1) is 18.2 Å². The summed E-state index contributed by atoms with van der Waals surface area (Å²) in [4.78, 5) is 30.1. The lowest BCUT2D eigenvalue weighted by molar-refractivity contribution is 0.0305. The van der Waals surface area contributed by atoms with E-state index in [4.69, 9.17) is 14.2 Å². The Hall–Kier alpha value is -2.73. The van der Waals surface area contributed by atoms with Crippen LogP contribution in [0.2, 0.25) is 25.7 Å². The van der Waals surface area contributed by atoms with Crippen LogP contribution in [0.5, 0.6) is 0 Å². The molecule has 196 valence electrons. The van der Waals surface area contributed by atoms with Crippen molar-refractivity contribution in [2.45, 2.75) is 58.8 Å². The summed E-state index contributed by atoms with van der Waals surface area (Å²) in [7, 11) is 1.39. The lowest BCUT2D eigenvalue weighted by atomic mass is 10.1. The zero-order valence-corrected chi connectivity index (χ0v) is 22.8. The summed E-state index contributed by atoms with van der Waals surface area (Å²) in [5.74, 6) is -3.05. The molecule has 12 heteroatoms. The maximum atomic E-state index is 14.7. The molecule has 1 N–H and O–H groups in total. The summed E-state index contributed by atoms with van der Waals surface area (Å²) >= 11 is 0. The highest BCUT2D eigenvalue weighted by Gasteiger charge is 2.25. The minimum Gasteiger partial charge on any atom is -0.465 e. The van der Waals surface area contributed by atoms with Crippen LogP contribution in [0.25, 0.3) is 11.0 Å². The van der Waals surface area contributed by atoms with Gasteiger partial charge in [-0.05, 0) is 32.9 Å². The fraction of sp³-hybridized carbons (Fsp3) is 0.609. The largest absolute Gasteiger partial charge is 0.465 e. The first kappa shape index (κ1) is 28.5. The van der Waals surface area contributed by atoms with E-state index >= 15 is 0 Å². The smallest absolute Gasteiger partial charge is 0.410 e. The van der Waals surface area contributed by atoms with Gasteiger partial charge in [-0.1, -0.05) is 19.6 Å². The van der Waals surface area contributed by atoms with E-state index in [2.05, 4.69) is 29.9 Å². The highest BCUT2D eigenvalue weighted by molar-refractivity contribution is 6.76. The Bertz CT molecular complexity index is 1060. The molecular weight excluding hydrogens is 478 g/mol. The number of amides is 1. The van der Waals surface area contributed by atoms with Crippen molar-refractivity contribution in [2.75, 3.05) is 39.2 Å². The Morgan fingerprint density at radius 2 is 1.89 bits per heavy atom. The van der Waals surface area contributed by atoms with Gasteiger partial charge in [0, 0.05) is 34.8 Å². The average molecular weight is 515 g/mol. The molecule has 9 nitrogen and oxygen atoms in total. The van der Waals surface area contributed by atoms with Crippen molar-refractivity contribution in [2.24, 2.45) is 0 Å². The molecule has 1 amide bonds. The van der Waals surface area contributed by atoms with Gasteiger partial charge in [-0.2, -0.15) is 0 Å². The van der Waals surface area contributed by atoms with Gasteiger partial charge in [-0.15, -0.1) is 0 Å². The molecule has 0 radical (unpaired) electrons. The molecule has 0 saturated carbocycles. The number of esters is 1. The second-order valence-corrected chi connectivity index (χ2v) is 16.1. The Morgan fingerprint density at radius 3 is 2.46 bits per heavy atom.